The maximum atomic E-state index is 7.75. The zero-order valence-corrected chi connectivity index (χ0v) is 13.1. The molecule has 0 bridgehead atoms. The van der Waals surface area contributed by atoms with Gasteiger partial charge in [-0.25, -0.2) is 0 Å². The van der Waals surface area contributed by atoms with Gasteiger partial charge in [0.2, 0.25) is 0 Å². The third kappa shape index (κ3) is 3.09. The number of nitrogens with zero attached hydrogens (tertiary/aromatic N) is 2. The molecule has 1 saturated heterocycles. The van der Waals surface area contributed by atoms with Crippen molar-refractivity contribution in [3.8, 4) is 0 Å². The van der Waals surface area contributed by atoms with Crippen LogP contribution in [0.5, 0.6) is 0 Å². The number of rotatable bonds is 3. The molecule has 19 heavy (non-hydrogen) atoms. The van der Waals surface area contributed by atoms with Crippen LogP contribution in [0.1, 0.15) is 19.4 Å². The molecule has 1 aliphatic rings. The van der Waals surface area contributed by atoms with E-state index in [0.29, 0.717) is 6.04 Å². The Morgan fingerprint density at radius 2 is 1.89 bits per heavy atom. The molecule has 2 rings (SSSR count). The third-order valence-corrected chi connectivity index (χ3v) is 4.31. The largest absolute Gasteiger partial charge is 0.384 e. The van der Waals surface area contributed by atoms with Crippen molar-refractivity contribution < 1.29 is 0 Å². The zero-order chi connectivity index (χ0) is 14.0. The van der Waals surface area contributed by atoms with Crippen molar-refractivity contribution in [1.82, 2.24) is 4.90 Å². The van der Waals surface area contributed by atoms with Crippen LogP contribution in [-0.2, 0) is 0 Å². The average molecular weight is 325 g/mol. The standard InChI is InChI=1S/C14H21BrN4/c1-10(2)18-6-8-19(9-7-18)12-5-3-4-11(15)13(12)14(16)17/h3-5,10H,6-9H2,1-2H3,(H3,16,17). The normalized spacial score (nSPS) is 16.9. The topological polar surface area (TPSA) is 56.4 Å². The molecule has 5 heteroatoms. The van der Waals surface area contributed by atoms with E-state index in [2.05, 4.69) is 39.6 Å². The van der Waals surface area contributed by atoms with Crippen LogP contribution in [0.4, 0.5) is 5.69 Å². The van der Waals surface area contributed by atoms with Crippen LogP contribution in [-0.4, -0.2) is 43.0 Å². The minimum atomic E-state index is 0.119. The fraction of sp³-hybridized carbons (Fsp3) is 0.500. The number of hydrogen-bond acceptors (Lipinski definition) is 3. The van der Waals surface area contributed by atoms with E-state index in [0.717, 1.165) is 41.9 Å². The number of hydrogen-bond donors (Lipinski definition) is 2. The SMILES string of the molecule is CC(C)N1CCN(c2cccc(Br)c2C(=N)N)CC1. The summed E-state index contributed by atoms with van der Waals surface area (Å²) in [5.74, 6) is 0.119. The van der Waals surface area contributed by atoms with Crippen LogP contribution in [0, 0.1) is 5.41 Å². The summed E-state index contributed by atoms with van der Waals surface area (Å²) in [5.41, 5.74) is 7.58. The van der Waals surface area contributed by atoms with Crippen LogP contribution in [0.15, 0.2) is 22.7 Å². The van der Waals surface area contributed by atoms with Gasteiger partial charge < -0.3 is 10.6 Å². The molecule has 0 unspecified atom stereocenters. The highest BCUT2D eigenvalue weighted by Crippen LogP contribution is 2.28. The molecule has 1 aliphatic heterocycles. The van der Waals surface area contributed by atoms with Gasteiger partial charge in [0.25, 0.3) is 0 Å². The summed E-state index contributed by atoms with van der Waals surface area (Å²) in [6.07, 6.45) is 0. The minimum Gasteiger partial charge on any atom is -0.384 e. The maximum Gasteiger partial charge on any atom is 0.126 e. The van der Waals surface area contributed by atoms with Crippen molar-refractivity contribution in [2.24, 2.45) is 5.73 Å². The molecule has 0 saturated carbocycles. The first kappa shape index (κ1) is 14.3. The molecule has 1 fully saturated rings. The van der Waals surface area contributed by atoms with Crippen LogP contribution in [0.3, 0.4) is 0 Å². The van der Waals surface area contributed by atoms with Gasteiger partial charge in [0.1, 0.15) is 5.84 Å². The number of halogens is 1. The molecule has 0 aliphatic carbocycles. The minimum absolute atomic E-state index is 0.119. The van der Waals surface area contributed by atoms with Crippen molar-refractivity contribution in [2.75, 3.05) is 31.1 Å². The lowest BCUT2D eigenvalue weighted by Gasteiger charge is -2.38. The molecule has 0 atom stereocenters. The number of nitrogens with one attached hydrogen (secondary N) is 1. The Kier molecular flexibility index (Phi) is 4.47. The molecule has 0 spiro atoms. The summed E-state index contributed by atoms with van der Waals surface area (Å²) in [4.78, 5) is 4.79. The number of nitrogen functional groups attached to an aromatic ring is 1. The molecular weight excluding hydrogens is 304 g/mol. The molecule has 104 valence electrons. The van der Waals surface area contributed by atoms with Crippen molar-refractivity contribution >= 4 is 27.5 Å². The van der Waals surface area contributed by atoms with E-state index in [1.807, 2.05) is 18.2 Å². The molecular formula is C14H21BrN4. The van der Waals surface area contributed by atoms with Crippen molar-refractivity contribution in [3.63, 3.8) is 0 Å². The molecule has 1 aromatic rings. The Morgan fingerprint density at radius 3 is 2.42 bits per heavy atom. The smallest absolute Gasteiger partial charge is 0.126 e. The molecule has 1 aromatic carbocycles. The molecule has 3 N–H and O–H groups in total. The van der Waals surface area contributed by atoms with E-state index in [4.69, 9.17) is 11.1 Å². The Bertz CT molecular complexity index is 465. The average Bonchev–Trinajstić information content (AvgIpc) is 2.38. The van der Waals surface area contributed by atoms with E-state index in [1.54, 1.807) is 0 Å². The fourth-order valence-corrected chi connectivity index (χ4v) is 3.09. The van der Waals surface area contributed by atoms with E-state index in [1.165, 1.54) is 0 Å². The van der Waals surface area contributed by atoms with Crippen molar-refractivity contribution in [1.29, 1.82) is 5.41 Å². The first-order valence-corrected chi connectivity index (χ1v) is 7.42. The lowest BCUT2D eigenvalue weighted by atomic mass is 10.1. The molecule has 4 nitrogen and oxygen atoms in total. The second kappa shape index (κ2) is 5.92. The lowest BCUT2D eigenvalue weighted by molar-refractivity contribution is 0.209. The van der Waals surface area contributed by atoms with Gasteiger partial charge in [-0.1, -0.05) is 6.07 Å². The van der Waals surface area contributed by atoms with Gasteiger partial charge in [0.15, 0.2) is 0 Å². The highest BCUT2D eigenvalue weighted by Gasteiger charge is 2.22. The quantitative estimate of drug-likeness (QED) is 0.662. The molecule has 0 radical (unpaired) electrons. The number of nitrogens with two attached hydrogens (primary N) is 1. The summed E-state index contributed by atoms with van der Waals surface area (Å²) < 4.78 is 0.892. The molecule has 0 amide bonds. The maximum absolute atomic E-state index is 7.75. The third-order valence-electron chi connectivity index (χ3n) is 3.65. The zero-order valence-electron chi connectivity index (χ0n) is 11.5. The van der Waals surface area contributed by atoms with Crippen LogP contribution < -0.4 is 10.6 Å². The summed E-state index contributed by atoms with van der Waals surface area (Å²) in [7, 11) is 0. The number of amidine groups is 1. The first-order valence-electron chi connectivity index (χ1n) is 6.62. The van der Waals surface area contributed by atoms with E-state index in [-0.39, 0.29) is 5.84 Å². The molecule has 0 aromatic heterocycles. The second-order valence-corrected chi connectivity index (χ2v) is 6.02. The number of anilines is 1. The van der Waals surface area contributed by atoms with E-state index in [9.17, 15) is 0 Å². The van der Waals surface area contributed by atoms with Gasteiger partial charge in [0.05, 0.1) is 5.56 Å². The Labute approximate surface area is 123 Å². The predicted octanol–water partition coefficient (Wildman–Crippen LogP) is 2.26. The lowest BCUT2D eigenvalue weighted by Crippen LogP contribution is -2.49. The summed E-state index contributed by atoms with van der Waals surface area (Å²) in [6, 6.07) is 6.58. The van der Waals surface area contributed by atoms with Gasteiger partial charge >= 0.3 is 0 Å². The van der Waals surface area contributed by atoms with Crippen molar-refractivity contribution in [3.05, 3.63) is 28.2 Å². The van der Waals surface area contributed by atoms with Gasteiger partial charge in [-0.3, -0.25) is 10.3 Å². The fourth-order valence-electron chi connectivity index (χ4n) is 2.52. The number of benzene rings is 1. The summed E-state index contributed by atoms with van der Waals surface area (Å²) in [5, 5.41) is 7.75. The highest BCUT2D eigenvalue weighted by molar-refractivity contribution is 9.10. The van der Waals surface area contributed by atoms with Gasteiger partial charge in [-0.2, -0.15) is 0 Å². The summed E-state index contributed by atoms with van der Waals surface area (Å²) >= 11 is 3.49. The molecule has 1 heterocycles. The first-order chi connectivity index (χ1) is 9.00. The number of piperazine rings is 1. The Balaban J connectivity index is 2.20. The van der Waals surface area contributed by atoms with E-state index < -0.39 is 0 Å². The highest BCUT2D eigenvalue weighted by atomic mass is 79.9. The van der Waals surface area contributed by atoms with Gasteiger partial charge in [-0.15, -0.1) is 0 Å². The predicted molar refractivity (Wildman–Crippen MR) is 84.1 cm³/mol. The van der Waals surface area contributed by atoms with Crippen LogP contribution >= 0.6 is 15.9 Å². The van der Waals surface area contributed by atoms with Crippen LogP contribution in [0.25, 0.3) is 0 Å². The van der Waals surface area contributed by atoms with Crippen LogP contribution in [0.2, 0.25) is 0 Å². The Morgan fingerprint density at radius 1 is 1.26 bits per heavy atom. The summed E-state index contributed by atoms with van der Waals surface area (Å²) in [6.45, 7) is 8.54. The van der Waals surface area contributed by atoms with E-state index >= 15 is 0 Å². The van der Waals surface area contributed by atoms with Gasteiger partial charge in [-0.05, 0) is 41.9 Å². The monoisotopic (exact) mass is 324 g/mol. The Hall–Kier alpha value is -1.07. The second-order valence-electron chi connectivity index (χ2n) is 5.16. The van der Waals surface area contributed by atoms with Gasteiger partial charge in [0, 0.05) is 42.4 Å². The van der Waals surface area contributed by atoms with Crippen molar-refractivity contribution in [2.45, 2.75) is 19.9 Å².